The van der Waals surface area contributed by atoms with Gasteiger partial charge >= 0.3 is 0 Å². The molecule has 0 unspecified atom stereocenters. The molecule has 1 aliphatic heterocycles. The van der Waals surface area contributed by atoms with Gasteiger partial charge < -0.3 is 5.32 Å². The largest absolute Gasteiger partial charge is 0.317 e. The Morgan fingerprint density at radius 1 is 1.25 bits per heavy atom. The van der Waals surface area contributed by atoms with Gasteiger partial charge in [-0.05, 0) is 53.3 Å². The fourth-order valence-electron chi connectivity index (χ4n) is 2.49. The third-order valence-corrected chi connectivity index (χ3v) is 3.95. The number of nitrogens with one attached hydrogen (secondary N) is 2. The molecule has 1 saturated heterocycles. The van der Waals surface area contributed by atoms with Crippen LogP contribution < -0.4 is 5.32 Å². The van der Waals surface area contributed by atoms with Crippen LogP contribution in [0.15, 0.2) is 22.8 Å². The number of benzene rings is 1. The van der Waals surface area contributed by atoms with E-state index < -0.39 is 0 Å². The summed E-state index contributed by atoms with van der Waals surface area (Å²) < 4.78 is 0.985. The summed E-state index contributed by atoms with van der Waals surface area (Å²) in [4.78, 5) is 0. The van der Waals surface area contributed by atoms with Crippen molar-refractivity contribution in [3.8, 4) is 0 Å². The molecule has 0 atom stereocenters. The Labute approximate surface area is 103 Å². The number of piperidine rings is 1. The van der Waals surface area contributed by atoms with Gasteiger partial charge in [-0.15, -0.1) is 0 Å². The van der Waals surface area contributed by atoms with E-state index in [1.165, 1.54) is 23.8 Å². The summed E-state index contributed by atoms with van der Waals surface area (Å²) in [6, 6.07) is 6.44. The summed E-state index contributed by atoms with van der Waals surface area (Å²) in [5.74, 6) is 0.653. The molecule has 1 aromatic carbocycles. The van der Waals surface area contributed by atoms with Crippen molar-refractivity contribution in [3.63, 3.8) is 0 Å². The number of aromatic nitrogens is 2. The van der Waals surface area contributed by atoms with Gasteiger partial charge in [0.05, 0.1) is 5.52 Å². The van der Waals surface area contributed by atoms with Crippen LogP contribution in [0.4, 0.5) is 0 Å². The minimum absolute atomic E-state index is 0.653. The molecule has 3 nitrogen and oxygen atoms in total. The Hall–Kier alpha value is -0.870. The van der Waals surface area contributed by atoms with Gasteiger partial charge in [-0.2, -0.15) is 5.10 Å². The molecule has 1 aromatic heterocycles. The van der Waals surface area contributed by atoms with Gasteiger partial charge in [0.1, 0.15) is 4.60 Å². The first kappa shape index (κ1) is 10.3. The molecule has 84 valence electrons. The van der Waals surface area contributed by atoms with Crippen LogP contribution in [0.1, 0.15) is 24.3 Å². The molecule has 0 radical (unpaired) electrons. The molecule has 16 heavy (non-hydrogen) atoms. The zero-order valence-electron chi connectivity index (χ0n) is 8.96. The van der Waals surface area contributed by atoms with Gasteiger partial charge in [0.25, 0.3) is 0 Å². The summed E-state index contributed by atoms with van der Waals surface area (Å²) >= 11 is 3.49. The Bertz CT molecular complexity index is 500. The minimum Gasteiger partial charge on any atom is -0.317 e. The first-order valence-corrected chi connectivity index (χ1v) is 6.49. The molecule has 1 aliphatic rings. The molecule has 1 fully saturated rings. The Morgan fingerprint density at radius 2 is 2.06 bits per heavy atom. The number of hydrogen-bond donors (Lipinski definition) is 2. The molecule has 2 heterocycles. The number of aromatic amines is 1. The third kappa shape index (κ3) is 1.66. The number of halogens is 1. The highest BCUT2D eigenvalue weighted by Crippen LogP contribution is 2.32. The normalized spacial score (nSPS) is 18.1. The number of fused-ring (bicyclic) bond motifs is 1. The highest BCUT2D eigenvalue weighted by atomic mass is 79.9. The zero-order valence-corrected chi connectivity index (χ0v) is 10.5. The van der Waals surface area contributed by atoms with E-state index in [0.29, 0.717) is 5.92 Å². The predicted molar refractivity (Wildman–Crippen MR) is 68.6 cm³/mol. The molecular formula is C12H14BrN3. The zero-order chi connectivity index (χ0) is 11.0. The Kier molecular flexibility index (Phi) is 2.69. The predicted octanol–water partition coefficient (Wildman–Crippen LogP) is 2.79. The van der Waals surface area contributed by atoms with Crippen LogP contribution in [0, 0.1) is 0 Å². The lowest BCUT2D eigenvalue weighted by Crippen LogP contribution is -2.26. The number of para-hydroxylation sites is 1. The van der Waals surface area contributed by atoms with E-state index in [9.17, 15) is 0 Å². The molecular weight excluding hydrogens is 266 g/mol. The number of nitrogens with zero attached hydrogens (tertiary/aromatic N) is 1. The second-order valence-corrected chi connectivity index (χ2v) is 5.10. The highest BCUT2D eigenvalue weighted by Gasteiger charge is 2.18. The molecule has 3 rings (SSSR count). The first-order chi connectivity index (χ1) is 7.86. The van der Waals surface area contributed by atoms with Crippen LogP contribution in [-0.4, -0.2) is 23.3 Å². The molecule has 0 amide bonds. The van der Waals surface area contributed by atoms with Gasteiger partial charge in [-0.25, -0.2) is 0 Å². The second kappa shape index (κ2) is 4.18. The highest BCUT2D eigenvalue weighted by molar-refractivity contribution is 9.10. The summed E-state index contributed by atoms with van der Waals surface area (Å²) in [6.45, 7) is 2.24. The van der Waals surface area contributed by atoms with Crippen molar-refractivity contribution in [2.75, 3.05) is 13.1 Å². The maximum absolute atomic E-state index is 4.40. The number of H-pyrrole nitrogens is 1. The standard InChI is InChI=1S/C12H14BrN3/c13-12-10-3-1-2-9(11(10)15-16-12)8-4-6-14-7-5-8/h1-3,8,14H,4-7H2,(H,15,16). The topological polar surface area (TPSA) is 40.7 Å². The van der Waals surface area contributed by atoms with Crippen molar-refractivity contribution in [2.45, 2.75) is 18.8 Å². The van der Waals surface area contributed by atoms with Crippen LogP contribution in [0.3, 0.4) is 0 Å². The van der Waals surface area contributed by atoms with Crippen molar-refractivity contribution < 1.29 is 0 Å². The van der Waals surface area contributed by atoms with Crippen molar-refractivity contribution >= 4 is 26.8 Å². The lowest BCUT2D eigenvalue weighted by atomic mass is 9.89. The van der Waals surface area contributed by atoms with Gasteiger partial charge in [0.2, 0.25) is 0 Å². The van der Waals surface area contributed by atoms with Gasteiger partial charge in [-0.3, -0.25) is 5.10 Å². The first-order valence-electron chi connectivity index (χ1n) is 5.69. The van der Waals surface area contributed by atoms with Crippen molar-refractivity contribution in [2.24, 2.45) is 0 Å². The summed E-state index contributed by atoms with van der Waals surface area (Å²) in [6.07, 6.45) is 2.42. The molecule has 0 saturated carbocycles. The SMILES string of the molecule is Brc1[nH]nc2c(C3CCNCC3)cccc12. The smallest absolute Gasteiger partial charge is 0.108 e. The minimum atomic E-state index is 0.653. The summed E-state index contributed by atoms with van der Waals surface area (Å²) in [5, 5.41) is 12.0. The van der Waals surface area contributed by atoms with E-state index in [4.69, 9.17) is 0 Å². The quantitative estimate of drug-likeness (QED) is 0.843. The third-order valence-electron chi connectivity index (χ3n) is 3.35. The van der Waals surface area contributed by atoms with Crippen LogP contribution in [0.25, 0.3) is 10.9 Å². The van der Waals surface area contributed by atoms with Crippen molar-refractivity contribution in [3.05, 3.63) is 28.4 Å². The summed E-state index contributed by atoms with van der Waals surface area (Å²) in [5.41, 5.74) is 2.52. The molecule has 4 heteroatoms. The number of rotatable bonds is 1. The van der Waals surface area contributed by atoms with E-state index in [0.717, 1.165) is 23.2 Å². The lowest BCUT2D eigenvalue weighted by molar-refractivity contribution is 0.462. The van der Waals surface area contributed by atoms with Crippen molar-refractivity contribution in [1.29, 1.82) is 0 Å². The van der Waals surface area contributed by atoms with E-state index in [2.05, 4.69) is 49.6 Å². The van der Waals surface area contributed by atoms with Crippen LogP contribution in [0.2, 0.25) is 0 Å². The molecule has 0 spiro atoms. The maximum atomic E-state index is 4.40. The fourth-order valence-corrected chi connectivity index (χ4v) is 2.90. The maximum Gasteiger partial charge on any atom is 0.108 e. The Balaban J connectivity index is 2.08. The van der Waals surface area contributed by atoms with E-state index in [1.807, 2.05) is 0 Å². The van der Waals surface area contributed by atoms with Crippen LogP contribution >= 0.6 is 15.9 Å². The molecule has 2 aromatic rings. The van der Waals surface area contributed by atoms with E-state index in [1.54, 1.807) is 0 Å². The summed E-state index contributed by atoms with van der Waals surface area (Å²) in [7, 11) is 0. The second-order valence-electron chi connectivity index (χ2n) is 4.31. The Morgan fingerprint density at radius 3 is 2.88 bits per heavy atom. The number of hydrogen-bond acceptors (Lipinski definition) is 2. The molecule has 0 bridgehead atoms. The average molecular weight is 280 g/mol. The van der Waals surface area contributed by atoms with Crippen LogP contribution in [0.5, 0.6) is 0 Å². The van der Waals surface area contributed by atoms with Crippen LogP contribution in [-0.2, 0) is 0 Å². The fraction of sp³-hybridized carbons (Fsp3) is 0.417. The van der Waals surface area contributed by atoms with E-state index >= 15 is 0 Å². The van der Waals surface area contributed by atoms with Crippen molar-refractivity contribution in [1.82, 2.24) is 15.5 Å². The van der Waals surface area contributed by atoms with E-state index in [-0.39, 0.29) is 0 Å². The van der Waals surface area contributed by atoms with Gasteiger partial charge in [0, 0.05) is 5.39 Å². The monoisotopic (exact) mass is 279 g/mol. The lowest BCUT2D eigenvalue weighted by Gasteiger charge is -2.23. The molecule has 0 aliphatic carbocycles. The van der Waals surface area contributed by atoms with Gasteiger partial charge in [0.15, 0.2) is 0 Å². The van der Waals surface area contributed by atoms with Gasteiger partial charge in [-0.1, -0.05) is 18.2 Å². The molecule has 2 N–H and O–H groups in total. The average Bonchev–Trinajstić information content (AvgIpc) is 2.73.